The van der Waals surface area contributed by atoms with E-state index in [9.17, 15) is 9.59 Å². The van der Waals surface area contributed by atoms with Crippen molar-refractivity contribution in [2.75, 3.05) is 0 Å². The first kappa shape index (κ1) is 16.8. The summed E-state index contributed by atoms with van der Waals surface area (Å²) in [5.41, 5.74) is -0.380. The number of hydrogen-bond acceptors (Lipinski definition) is 4. The molecule has 3 aromatic rings. The smallest absolute Gasteiger partial charge is 0.266 e. The summed E-state index contributed by atoms with van der Waals surface area (Å²) in [4.78, 5) is 31.1. The number of fused-ring (bicyclic) bond motifs is 2. The van der Waals surface area contributed by atoms with Gasteiger partial charge in [-0.25, -0.2) is 4.98 Å². The summed E-state index contributed by atoms with van der Waals surface area (Å²) in [7, 11) is 0. The molecule has 5 heteroatoms. The lowest BCUT2D eigenvalue weighted by atomic mass is 10.1. The Balaban J connectivity index is 2.33. The Labute approximate surface area is 144 Å². The summed E-state index contributed by atoms with van der Waals surface area (Å²) in [5.74, 6) is 1.29. The maximum atomic E-state index is 13.0. The highest BCUT2D eigenvalue weighted by Crippen LogP contribution is 2.22. The Kier molecular flexibility index (Phi) is 4.81. The van der Waals surface area contributed by atoms with E-state index in [0.717, 1.165) is 29.8 Å². The molecule has 0 radical (unpaired) electrons. The molecule has 126 valence electrons. The zero-order valence-electron chi connectivity index (χ0n) is 14.3. The van der Waals surface area contributed by atoms with Gasteiger partial charge in [-0.2, -0.15) is 0 Å². The van der Waals surface area contributed by atoms with Gasteiger partial charge in [-0.3, -0.25) is 14.2 Å². The zero-order valence-corrected chi connectivity index (χ0v) is 15.2. The van der Waals surface area contributed by atoms with Crippen molar-refractivity contribution < 1.29 is 0 Å². The molecule has 0 aliphatic heterocycles. The van der Waals surface area contributed by atoms with E-state index in [1.54, 1.807) is 10.6 Å². The number of aryl methyl sites for hydroxylation is 1. The van der Waals surface area contributed by atoms with E-state index in [1.807, 2.05) is 18.2 Å². The van der Waals surface area contributed by atoms with E-state index >= 15 is 0 Å². The Morgan fingerprint density at radius 2 is 1.96 bits per heavy atom. The van der Waals surface area contributed by atoms with Crippen LogP contribution in [0.1, 0.15) is 39.4 Å². The van der Waals surface area contributed by atoms with E-state index in [4.69, 9.17) is 4.98 Å². The zero-order chi connectivity index (χ0) is 17.3. The summed E-state index contributed by atoms with van der Waals surface area (Å²) in [6.07, 6.45) is 2.56. The predicted octanol–water partition coefficient (Wildman–Crippen LogP) is 3.97. The van der Waals surface area contributed by atoms with Gasteiger partial charge >= 0.3 is 0 Å². The molecule has 0 aliphatic carbocycles. The molecule has 4 nitrogen and oxygen atoms in total. The molecule has 24 heavy (non-hydrogen) atoms. The van der Waals surface area contributed by atoms with E-state index in [-0.39, 0.29) is 16.4 Å². The highest BCUT2D eigenvalue weighted by molar-refractivity contribution is 7.24. The number of rotatable bonds is 5. The van der Waals surface area contributed by atoms with Gasteiger partial charge in [0.05, 0.1) is 0 Å². The molecule has 0 saturated carbocycles. The van der Waals surface area contributed by atoms with Gasteiger partial charge < -0.3 is 0 Å². The van der Waals surface area contributed by atoms with Crippen molar-refractivity contribution in [2.24, 2.45) is 5.92 Å². The Bertz CT molecular complexity index is 1000. The van der Waals surface area contributed by atoms with Gasteiger partial charge in [0.2, 0.25) is 5.43 Å². The molecule has 0 bridgehead atoms. The fraction of sp³-hybridized carbons (Fsp3) is 0.421. The maximum absolute atomic E-state index is 13.0. The minimum atomic E-state index is -0.196. The molecule has 0 amide bonds. The average molecular weight is 342 g/mol. The molecule has 0 fully saturated rings. The van der Waals surface area contributed by atoms with Gasteiger partial charge in [-0.15, -0.1) is 11.3 Å². The monoisotopic (exact) mass is 342 g/mol. The second kappa shape index (κ2) is 6.85. The fourth-order valence-electron chi connectivity index (χ4n) is 2.86. The van der Waals surface area contributed by atoms with Crippen LogP contribution in [-0.2, 0) is 13.0 Å². The van der Waals surface area contributed by atoms with Crippen molar-refractivity contribution in [2.45, 2.75) is 46.6 Å². The molecule has 2 aromatic heterocycles. The van der Waals surface area contributed by atoms with Crippen molar-refractivity contribution in [1.29, 1.82) is 0 Å². The molecule has 0 unspecified atom stereocenters. The number of aromatic nitrogens is 2. The molecule has 0 aliphatic rings. The van der Waals surface area contributed by atoms with Crippen LogP contribution in [0.25, 0.3) is 20.3 Å². The summed E-state index contributed by atoms with van der Waals surface area (Å²) < 4.78 is 2.60. The number of nitrogens with zero attached hydrogens (tertiary/aromatic N) is 2. The quantitative estimate of drug-likeness (QED) is 0.659. The third kappa shape index (κ3) is 3.00. The maximum Gasteiger partial charge on any atom is 0.266 e. The second-order valence-corrected chi connectivity index (χ2v) is 7.56. The van der Waals surface area contributed by atoms with E-state index < -0.39 is 0 Å². The first-order valence-electron chi connectivity index (χ1n) is 8.48. The molecule has 0 spiro atoms. The van der Waals surface area contributed by atoms with Crippen LogP contribution in [0.4, 0.5) is 0 Å². The van der Waals surface area contributed by atoms with Crippen LogP contribution >= 0.6 is 11.3 Å². The molecule has 0 N–H and O–H groups in total. The van der Waals surface area contributed by atoms with Gasteiger partial charge in [0.15, 0.2) is 0 Å². The Morgan fingerprint density at radius 1 is 1.21 bits per heavy atom. The lowest BCUT2D eigenvalue weighted by molar-refractivity contribution is 0.491. The largest absolute Gasteiger partial charge is 0.296 e. The number of benzene rings is 1. The van der Waals surface area contributed by atoms with Gasteiger partial charge in [0.1, 0.15) is 16.0 Å². The number of hydrogen-bond donors (Lipinski definition) is 0. The predicted molar refractivity (Wildman–Crippen MR) is 101 cm³/mol. The standard InChI is InChI=1S/C19H22N2O2S/c1-4-7-15-20-18-16(19(23)21(15)11-10-12(2)3)17(22)13-8-5-6-9-14(13)24-18/h5-6,8-9,12H,4,7,10-11H2,1-3H3. The van der Waals surface area contributed by atoms with Gasteiger partial charge in [-0.05, 0) is 30.9 Å². The minimum Gasteiger partial charge on any atom is -0.296 e. The van der Waals surface area contributed by atoms with Gasteiger partial charge in [0, 0.05) is 23.1 Å². The van der Waals surface area contributed by atoms with E-state index in [2.05, 4.69) is 20.8 Å². The van der Waals surface area contributed by atoms with Crippen molar-refractivity contribution in [3.63, 3.8) is 0 Å². The van der Waals surface area contributed by atoms with Crippen LogP contribution in [0.5, 0.6) is 0 Å². The molecule has 1 aromatic carbocycles. The van der Waals surface area contributed by atoms with Crippen molar-refractivity contribution in [3.8, 4) is 0 Å². The third-order valence-electron chi connectivity index (χ3n) is 4.18. The highest BCUT2D eigenvalue weighted by Gasteiger charge is 2.16. The topological polar surface area (TPSA) is 52.0 Å². The van der Waals surface area contributed by atoms with Gasteiger partial charge in [-0.1, -0.05) is 32.9 Å². The van der Waals surface area contributed by atoms with Gasteiger partial charge in [0.25, 0.3) is 5.56 Å². The van der Waals surface area contributed by atoms with Crippen LogP contribution < -0.4 is 11.0 Å². The first-order chi connectivity index (χ1) is 11.5. The van der Waals surface area contributed by atoms with Crippen molar-refractivity contribution in [1.82, 2.24) is 9.55 Å². The Hall–Kier alpha value is -2.01. The van der Waals surface area contributed by atoms with Crippen molar-refractivity contribution in [3.05, 3.63) is 50.7 Å². The van der Waals surface area contributed by atoms with Crippen LogP contribution in [-0.4, -0.2) is 9.55 Å². The summed E-state index contributed by atoms with van der Waals surface area (Å²) in [6, 6.07) is 7.43. The SMILES string of the molecule is CCCc1nc2sc3ccccc3c(=O)c2c(=O)n1CCC(C)C. The van der Waals surface area contributed by atoms with Crippen LogP contribution in [0.15, 0.2) is 33.9 Å². The average Bonchev–Trinajstić information content (AvgIpc) is 2.54. The minimum absolute atomic E-state index is 0.184. The van der Waals surface area contributed by atoms with Crippen LogP contribution in [0, 0.1) is 5.92 Å². The lowest BCUT2D eigenvalue weighted by Gasteiger charge is -2.14. The van der Waals surface area contributed by atoms with E-state index in [1.165, 1.54) is 11.3 Å². The highest BCUT2D eigenvalue weighted by atomic mass is 32.1. The molecule has 2 heterocycles. The summed E-state index contributed by atoms with van der Waals surface area (Å²) >= 11 is 1.43. The lowest BCUT2D eigenvalue weighted by Crippen LogP contribution is -2.29. The van der Waals surface area contributed by atoms with Crippen molar-refractivity contribution >= 4 is 31.6 Å². The van der Waals surface area contributed by atoms with Crippen LogP contribution in [0.3, 0.4) is 0 Å². The molecular formula is C19H22N2O2S. The van der Waals surface area contributed by atoms with E-state index in [0.29, 0.717) is 22.7 Å². The summed E-state index contributed by atoms with van der Waals surface area (Å²) in [5, 5.41) is 0.842. The molecule has 3 rings (SSSR count). The second-order valence-electron chi connectivity index (χ2n) is 6.52. The molecule has 0 saturated heterocycles. The first-order valence-corrected chi connectivity index (χ1v) is 9.29. The Morgan fingerprint density at radius 3 is 2.67 bits per heavy atom. The fourth-order valence-corrected chi connectivity index (χ4v) is 3.92. The third-order valence-corrected chi connectivity index (χ3v) is 5.25. The summed E-state index contributed by atoms with van der Waals surface area (Å²) in [6.45, 7) is 6.96. The molecular weight excluding hydrogens is 320 g/mol. The normalized spacial score (nSPS) is 11.7. The van der Waals surface area contributed by atoms with Crippen LogP contribution in [0.2, 0.25) is 0 Å². The molecule has 0 atom stereocenters.